The largest absolute Gasteiger partial charge is 0.434 e. The van der Waals surface area contributed by atoms with Crippen LogP contribution in [0.3, 0.4) is 0 Å². The van der Waals surface area contributed by atoms with E-state index in [0.717, 1.165) is 24.7 Å². The Morgan fingerprint density at radius 1 is 1.18 bits per heavy atom. The predicted octanol–water partition coefficient (Wildman–Crippen LogP) is 2.72. The molecule has 1 aliphatic heterocycles. The third kappa shape index (κ3) is 3.60. The first-order chi connectivity index (χ1) is 13.3. The molecule has 1 aliphatic carbocycles. The van der Waals surface area contributed by atoms with Gasteiger partial charge in [-0.3, -0.25) is 0 Å². The summed E-state index contributed by atoms with van der Waals surface area (Å²) < 4.78 is 45.9. The Labute approximate surface area is 163 Å². The number of halogens is 3. The Balaban J connectivity index is 1.86. The van der Waals surface area contributed by atoms with Crippen molar-refractivity contribution in [1.29, 1.82) is 0 Å². The van der Waals surface area contributed by atoms with Gasteiger partial charge in [0.05, 0.1) is 29.3 Å². The number of hydrogen-bond donors (Lipinski definition) is 1. The van der Waals surface area contributed by atoms with Gasteiger partial charge in [-0.05, 0) is 25.2 Å². The van der Waals surface area contributed by atoms with Crippen molar-refractivity contribution in [2.45, 2.75) is 23.8 Å². The van der Waals surface area contributed by atoms with Crippen LogP contribution in [0.2, 0.25) is 0 Å². The lowest BCUT2D eigenvalue weighted by Gasteiger charge is -2.28. The first-order valence-electron chi connectivity index (χ1n) is 8.80. The molecule has 11 heteroatoms. The van der Waals surface area contributed by atoms with E-state index in [-0.39, 0.29) is 16.0 Å². The summed E-state index contributed by atoms with van der Waals surface area (Å²) in [6.45, 7) is 2.21. The first-order valence-corrected chi connectivity index (χ1v) is 10.0. The fourth-order valence-corrected chi connectivity index (χ4v) is 4.01. The number of morpholine rings is 1. The fourth-order valence-electron chi connectivity index (χ4n) is 3.19. The second-order valence-corrected chi connectivity index (χ2v) is 7.91. The summed E-state index contributed by atoms with van der Waals surface area (Å²) in [5, 5.41) is 0. The number of aromatic nitrogens is 4. The van der Waals surface area contributed by atoms with E-state index in [1.807, 2.05) is 11.2 Å². The molecule has 0 atom stereocenters. The smallest absolute Gasteiger partial charge is 0.378 e. The zero-order valence-electron chi connectivity index (χ0n) is 15.2. The number of hydrogen-bond acceptors (Lipinski definition) is 8. The molecule has 1 saturated heterocycles. The molecule has 2 fully saturated rings. The summed E-state index contributed by atoms with van der Waals surface area (Å²) in [6.07, 6.45) is 0.248. The molecule has 0 bridgehead atoms. The van der Waals surface area contributed by atoms with E-state index < -0.39 is 17.8 Å². The number of nitrogen functional groups attached to an aromatic ring is 1. The molecule has 2 aliphatic rings. The Bertz CT molecular complexity index is 884. The maximum atomic E-state index is 13.6. The van der Waals surface area contributed by atoms with Crippen LogP contribution in [0, 0.1) is 0 Å². The Morgan fingerprint density at radius 2 is 1.89 bits per heavy atom. The SMILES string of the molecule is CSC1(c2cc(-c3cnc(N)nc3C(F)(F)F)nc(N3CCOCC3)n2)CC1. The Hall–Kier alpha value is -2.14. The lowest BCUT2D eigenvalue weighted by molar-refractivity contribution is -0.140. The minimum atomic E-state index is -4.67. The lowest BCUT2D eigenvalue weighted by atomic mass is 10.1. The Kier molecular flexibility index (Phi) is 4.82. The number of alkyl halides is 3. The molecular formula is C17H19F3N6OS. The third-order valence-electron chi connectivity index (χ3n) is 4.92. The normalized spacial score (nSPS) is 18.9. The van der Waals surface area contributed by atoms with Crippen molar-refractivity contribution in [3.05, 3.63) is 23.7 Å². The second-order valence-electron chi connectivity index (χ2n) is 6.72. The first kappa shape index (κ1) is 19.2. The highest BCUT2D eigenvalue weighted by Crippen LogP contribution is 2.56. The number of ether oxygens (including phenoxy) is 1. The minimum Gasteiger partial charge on any atom is -0.378 e. The van der Waals surface area contributed by atoms with Crippen molar-refractivity contribution < 1.29 is 17.9 Å². The molecule has 0 unspecified atom stereocenters. The zero-order chi connectivity index (χ0) is 19.9. The predicted molar refractivity (Wildman–Crippen MR) is 99.9 cm³/mol. The number of nitrogens with two attached hydrogens (primary N) is 1. The summed E-state index contributed by atoms with van der Waals surface area (Å²) in [5.74, 6) is -0.0254. The van der Waals surface area contributed by atoms with E-state index in [9.17, 15) is 13.2 Å². The molecule has 0 aromatic carbocycles. The van der Waals surface area contributed by atoms with Crippen molar-refractivity contribution in [1.82, 2.24) is 19.9 Å². The van der Waals surface area contributed by atoms with E-state index in [4.69, 9.17) is 10.5 Å². The standard InChI is InChI=1S/C17H19F3N6OS/c1-28-16(2-3-16)12-8-11(23-15(24-12)26-4-6-27-7-5-26)10-9-22-14(21)25-13(10)17(18,19)20/h8-9H,2-7H2,1H3,(H2,21,22,25). The highest BCUT2D eigenvalue weighted by Gasteiger charge is 2.46. The van der Waals surface area contributed by atoms with Crippen molar-refractivity contribution >= 4 is 23.7 Å². The van der Waals surface area contributed by atoms with Gasteiger partial charge >= 0.3 is 6.18 Å². The third-order valence-corrected chi connectivity index (χ3v) is 6.32. The average molecular weight is 412 g/mol. The van der Waals surface area contributed by atoms with Gasteiger partial charge in [0.1, 0.15) is 0 Å². The van der Waals surface area contributed by atoms with E-state index in [0.29, 0.717) is 32.3 Å². The van der Waals surface area contributed by atoms with Crippen molar-refractivity contribution in [3.8, 4) is 11.3 Å². The molecule has 0 spiro atoms. The van der Waals surface area contributed by atoms with Gasteiger partial charge in [-0.25, -0.2) is 19.9 Å². The van der Waals surface area contributed by atoms with Crippen LogP contribution in [0.25, 0.3) is 11.3 Å². The second kappa shape index (κ2) is 7.03. The monoisotopic (exact) mass is 412 g/mol. The van der Waals surface area contributed by atoms with E-state index in [1.54, 1.807) is 17.8 Å². The van der Waals surface area contributed by atoms with Crippen LogP contribution in [0.5, 0.6) is 0 Å². The van der Waals surface area contributed by atoms with Gasteiger partial charge in [0.2, 0.25) is 11.9 Å². The van der Waals surface area contributed by atoms with Crippen LogP contribution in [0.1, 0.15) is 24.2 Å². The van der Waals surface area contributed by atoms with Crippen LogP contribution in [-0.4, -0.2) is 52.5 Å². The van der Waals surface area contributed by atoms with Crippen LogP contribution < -0.4 is 10.6 Å². The van der Waals surface area contributed by atoms with Crippen LogP contribution in [0.4, 0.5) is 25.1 Å². The summed E-state index contributed by atoms with van der Waals surface area (Å²) in [5.41, 5.74) is 5.00. The van der Waals surface area contributed by atoms with E-state index in [1.165, 1.54) is 0 Å². The molecule has 3 heterocycles. The number of anilines is 2. The van der Waals surface area contributed by atoms with Gasteiger partial charge in [-0.2, -0.15) is 24.9 Å². The number of nitrogens with zero attached hydrogens (tertiary/aromatic N) is 5. The highest BCUT2D eigenvalue weighted by molar-refractivity contribution is 7.99. The van der Waals surface area contributed by atoms with Gasteiger partial charge in [0.15, 0.2) is 5.69 Å². The van der Waals surface area contributed by atoms with Gasteiger partial charge in [0, 0.05) is 24.8 Å². The summed E-state index contributed by atoms with van der Waals surface area (Å²) >= 11 is 1.66. The Morgan fingerprint density at radius 3 is 2.50 bits per heavy atom. The van der Waals surface area contributed by atoms with Crippen LogP contribution in [0.15, 0.2) is 12.3 Å². The van der Waals surface area contributed by atoms with Gasteiger partial charge in [-0.1, -0.05) is 0 Å². The molecule has 0 radical (unpaired) electrons. The van der Waals surface area contributed by atoms with Crippen LogP contribution >= 0.6 is 11.8 Å². The van der Waals surface area contributed by atoms with Crippen molar-refractivity contribution in [2.24, 2.45) is 0 Å². The van der Waals surface area contributed by atoms with Crippen molar-refractivity contribution in [3.63, 3.8) is 0 Å². The van der Waals surface area contributed by atoms with Crippen LogP contribution in [-0.2, 0) is 15.7 Å². The summed E-state index contributed by atoms with van der Waals surface area (Å²) in [6, 6.07) is 1.62. The topological polar surface area (TPSA) is 90.0 Å². The molecule has 2 N–H and O–H groups in total. The molecule has 2 aromatic heterocycles. The van der Waals surface area contributed by atoms with Gasteiger partial charge in [0.25, 0.3) is 0 Å². The highest BCUT2D eigenvalue weighted by atomic mass is 32.2. The zero-order valence-corrected chi connectivity index (χ0v) is 16.0. The van der Waals surface area contributed by atoms with Gasteiger partial charge in [-0.15, -0.1) is 0 Å². The fraction of sp³-hybridized carbons (Fsp3) is 0.529. The molecular weight excluding hydrogens is 393 g/mol. The minimum absolute atomic E-state index is 0.152. The maximum Gasteiger partial charge on any atom is 0.434 e. The lowest BCUT2D eigenvalue weighted by Crippen LogP contribution is -2.37. The quantitative estimate of drug-likeness (QED) is 0.820. The van der Waals surface area contributed by atoms with E-state index in [2.05, 4.69) is 19.9 Å². The summed E-state index contributed by atoms with van der Waals surface area (Å²) in [7, 11) is 0. The molecule has 4 rings (SSSR count). The maximum absolute atomic E-state index is 13.6. The number of thioether (sulfide) groups is 1. The van der Waals surface area contributed by atoms with Crippen molar-refractivity contribution in [2.75, 3.05) is 43.2 Å². The molecule has 0 amide bonds. The van der Waals surface area contributed by atoms with Gasteiger partial charge < -0.3 is 15.4 Å². The average Bonchev–Trinajstić information content (AvgIpc) is 3.49. The van der Waals surface area contributed by atoms with E-state index >= 15 is 0 Å². The molecule has 28 heavy (non-hydrogen) atoms. The number of rotatable bonds is 4. The molecule has 7 nitrogen and oxygen atoms in total. The molecule has 1 saturated carbocycles. The molecule has 150 valence electrons. The summed E-state index contributed by atoms with van der Waals surface area (Å²) in [4.78, 5) is 18.3. The molecule has 2 aromatic rings.